The van der Waals surface area contributed by atoms with Crippen molar-refractivity contribution in [1.29, 1.82) is 0 Å². The quantitative estimate of drug-likeness (QED) is 0.331. The third kappa shape index (κ3) is 6.31. The number of nitrogens with zero attached hydrogens (tertiary/aromatic N) is 4. The van der Waals surface area contributed by atoms with Gasteiger partial charge < -0.3 is 19.5 Å². The number of anilines is 2. The van der Waals surface area contributed by atoms with Crippen LogP contribution < -0.4 is 10.2 Å². The van der Waals surface area contributed by atoms with E-state index < -0.39 is 0 Å². The molecule has 10 heteroatoms. The van der Waals surface area contributed by atoms with E-state index in [4.69, 9.17) is 16.0 Å². The molecule has 0 bridgehead atoms. The number of carbonyl (C=O) groups is 2. The van der Waals surface area contributed by atoms with Crippen molar-refractivity contribution < 1.29 is 14.0 Å². The highest BCUT2D eigenvalue weighted by molar-refractivity contribution is 7.99. The largest absolute Gasteiger partial charge is 0.411 e. The van der Waals surface area contributed by atoms with Crippen LogP contribution in [-0.4, -0.2) is 58.8 Å². The molecule has 0 radical (unpaired) electrons. The third-order valence-electron chi connectivity index (χ3n) is 5.93. The summed E-state index contributed by atoms with van der Waals surface area (Å²) in [6, 6.07) is 24.2. The summed E-state index contributed by atoms with van der Waals surface area (Å²) in [7, 11) is 0. The van der Waals surface area contributed by atoms with Crippen LogP contribution in [0.1, 0.15) is 10.4 Å². The normalized spacial score (nSPS) is 13.4. The van der Waals surface area contributed by atoms with Crippen molar-refractivity contribution in [3.63, 3.8) is 0 Å². The molecule has 0 aliphatic carbocycles. The van der Waals surface area contributed by atoms with Gasteiger partial charge in [-0.1, -0.05) is 41.6 Å². The number of amides is 2. The highest BCUT2D eigenvalue weighted by Gasteiger charge is 2.22. The number of hydrogen-bond donors (Lipinski definition) is 1. The van der Waals surface area contributed by atoms with E-state index in [1.165, 1.54) is 11.8 Å². The number of hydrogen-bond acceptors (Lipinski definition) is 7. The Hall–Kier alpha value is -3.82. The van der Waals surface area contributed by atoms with E-state index in [1.54, 1.807) is 24.3 Å². The molecule has 1 N–H and O–H groups in total. The lowest BCUT2D eigenvalue weighted by atomic mass is 10.1. The zero-order valence-corrected chi connectivity index (χ0v) is 21.4. The van der Waals surface area contributed by atoms with Gasteiger partial charge in [-0.15, -0.1) is 10.2 Å². The van der Waals surface area contributed by atoms with Crippen LogP contribution in [0, 0.1) is 0 Å². The van der Waals surface area contributed by atoms with Gasteiger partial charge >= 0.3 is 0 Å². The van der Waals surface area contributed by atoms with Gasteiger partial charge in [-0.3, -0.25) is 9.59 Å². The molecule has 5 rings (SSSR count). The summed E-state index contributed by atoms with van der Waals surface area (Å²) >= 11 is 7.08. The van der Waals surface area contributed by atoms with E-state index in [9.17, 15) is 9.59 Å². The zero-order valence-electron chi connectivity index (χ0n) is 19.8. The fourth-order valence-electron chi connectivity index (χ4n) is 3.99. The molecular formula is C27H24ClN5O3S. The van der Waals surface area contributed by atoms with Crippen LogP contribution in [0.15, 0.2) is 88.5 Å². The van der Waals surface area contributed by atoms with Gasteiger partial charge in [0.15, 0.2) is 0 Å². The number of benzene rings is 3. The molecule has 1 aliphatic heterocycles. The van der Waals surface area contributed by atoms with Crippen molar-refractivity contribution in [2.24, 2.45) is 0 Å². The Kier molecular flexibility index (Phi) is 7.72. The number of thioether (sulfide) groups is 1. The van der Waals surface area contributed by atoms with Crippen LogP contribution in [0.4, 0.5) is 11.4 Å². The first kappa shape index (κ1) is 24.9. The minimum atomic E-state index is -0.169. The molecule has 2 heterocycles. The van der Waals surface area contributed by atoms with Crippen LogP contribution in [0.3, 0.4) is 0 Å². The topological polar surface area (TPSA) is 91.6 Å². The minimum Gasteiger partial charge on any atom is -0.411 e. The van der Waals surface area contributed by atoms with Crippen LogP contribution in [0.25, 0.3) is 11.5 Å². The Morgan fingerprint density at radius 3 is 2.30 bits per heavy atom. The monoisotopic (exact) mass is 533 g/mol. The van der Waals surface area contributed by atoms with Crippen LogP contribution in [-0.2, 0) is 4.79 Å². The molecule has 1 saturated heterocycles. The summed E-state index contributed by atoms with van der Waals surface area (Å²) in [6.07, 6.45) is 0. The maximum absolute atomic E-state index is 12.7. The van der Waals surface area contributed by atoms with Crippen molar-refractivity contribution in [2.45, 2.75) is 5.22 Å². The van der Waals surface area contributed by atoms with Gasteiger partial charge in [0.05, 0.1) is 5.75 Å². The van der Waals surface area contributed by atoms with Gasteiger partial charge in [-0.2, -0.15) is 0 Å². The summed E-state index contributed by atoms with van der Waals surface area (Å²) in [6.45, 7) is 2.84. The smallest absolute Gasteiger partial charge is 0.277 e. The molecule has 2 amide bonds. The average molecular weight is 534 g/mol. The van der Waals surface area contributed by atoms with Crippen molar-refractivity contribution in [2.75, 3.05) is 42.1 Å². The Morgan fingerprint density at radius 2 is 1.59 bits per heavy atom. The van der Waals surface area contributed by atoms with Crippen LogP contribution >= 0.6 is 23.4 Å². The fourth-order valence-corrected chi connectivity index (χ4v) is 4.68. The number of nitrogens with one attached hydrogen (secondary N) is 1. The van der Waals surface area contributed by atoms with Gasteiger partial charge in [-0.25, -0.2) is 0 Å². The molecule has 1 fully saturated rings. The molecule has 1 aromatic heterocycles. The molecule has 1 aliphatic rings. The van der Waals surface area contributed by atoms with E-state index in [0.717, 1.165) is 29.9 Å². The third-order valence-corrected chi connectivity index (χ3v) is 7.00. The van der Waals surface area contributed by atoms with Crippen molar-refractivity contribution in [3.05, 3.63) is 89.4 Å². The van der Waals surface area contributed by atoms with Crippen molar-refractivity contribution >= 4 is 46.6 Å². The predicted molar refractivity (Wildman–Crippen MR) is 145 cm³/mol. The van der Waals surface area contributed by atoms with Gasteiger partial charge in [0.25, 0.3) is 11.1 Å². The van der Waals surface area contributed by atoms with Gasteiger partial charge in [0, 0.05) is 53.7 Å². The number of halogens is 1. The molecule has 0 spiro atoms. The maximum atomic E-state index is 12.7. The first-order valence-electron chi connectivity index (χ1n) is 11.8. The maximum Gasteiger partial charge on any atom is 0.277 e. The molecule has 0 unspecified atom stereocenters. The average Bonchev–Trinajstić information content (AvgIpc) is 3.42. The summed E-state index contributed by atoms with van der Waals surface area (Å²) in [4.78, 5) is 29.2. The Morgan fingerprint density at radius 1 is 0.892 bits per heavy atom. The SMILES string of the molecule is O=C(CSc1nnc(-c2ccc(Cl)cc2)o1)Nc1ccc(N2CCN(C(=O)c3ccccc3)CC2)cc1. The first-order valence-corrected chi connectivity index (χ1v) is 13.1. The van der Waals surface area contributed by atoms with E-state index in [1.807, 2.05) is 59.5 Å². The van der Waals surface area contributed by atoms with E-state index in [-0.39, 0.29) is 17.6 Å². The Bertz CT molecular complexity index is 1360. The molecule has 188 valence electrons. The lowest BCUT2D eigenvalue weighted by molar-refractivity contribution is -0.113. The van der Waals surface area contributed by atoms with Crippen LogP contribution in [0.5, 0.6) is 0 Å². The molecule has 0 saturated carbocycles. The highest BCUT2D eigenvalue weighted by atomic mass is 35.5. The lowest BCUT2D eigenvalue weighted by Crippen LogP contribution is -2.48. The standard InChI is InChI=1S/C27H24ClN5O3S/c28-21-8-6-19(7-9-21)25-30-31-27(36-25)37-18-24(34)29-22-10-12-23(13-11-22)32-14-16-33(17-15-32)26(35)20-4-2-1-3-5-20/h1-13H,14-18H2,(H,29,34). The van der Waals surface area contributed by atoms with E-state index in [2.05, 4.69) is 20.4 Å². The predicted octanol–water partition coefficient (Wildman–Crippen LogP) is 5.08. The Labute approximate surface area is 223 Å². The van der Waals surface area contributed by atoms with Crippen molar-refractivity contribution in [1.82, 2.24) is 15.1 Å². The lowest BCUT2D eigenvalue weighted by Gasteiger charge is -2.36. The second kappa shape index (κ2) is 11.5. The number of piperazine rings is 1. The van der Waals surface area contributed by atoms with Gasteiger partial charge in [-0.05, 0) is 60.7 Å². The molecular weight excluding hydrogens is 510 g/mol. The molecule has 8 nitrogen and oxygen atoms in total. The summed E-state index contributed by atoms with van der Waals surface area (Å²) in [5.74, 6) is 0.414. The summed E-state index contributed by atoms with van der Waals surface area (Å²) < 4.78 is 5.63. The van der Waals surface area contributed by atoms with E-state index >= 15 is 0 Å². The number of carbonyl (C=O) groups excluding carboxylic acids is 2. The van der Waals surface area contributed by atoms with E-state index in [0.29, 0.717) is 34.9 Å². The molecule has 4 aromatic rings. The van der Waals surface area contributed by atoms with Crippen LogP contribution in [0.2, 0.25) is 5.02 Å². The fraction of sp³-hybridized carbons (Fsp3) is 0.185. The first-order chi connectivity index (χ1) is 18.0. The Balaban J connectivity index is 1.08. The van der Waals surface area contributed by atoms with Gasteiger partial charge in [0.2, 0.25) is 11.8 Å². The number of aromatic nitrogens is 2. The second-order valence-corrected chi connectivity index (χ2v) is 9.77. The second-order valence-electron chi connectivity index (χ2n) is 8.41. The molecule has 3 aromatic carbocycles. The minimum absolute atomic E-state index is 0.0675. The summed E-state index contributed by atoms with van der Waals surface area (Å²) in [5.41, 5.74) is 3.24. The zero-order chi connectivity index (χ0) is 25.6. The van der Waals surface area contributed by atoms with Crippen molar-refractivity contribution in [3.8, 4) is 11.5 Å². The number of rotatable bonds is 7. The highest BCUT2D eigenvalue weighted by Crippen LogP contribution is 2.25. The molecule has 0 atom stereocenters. The summed E-state index contributed by atoms with van der Waals surface area (Å²) in [5, 5.41) is 11.9. The molecule has 37 heavy (non-hydrogen) atoms. The van der Waals surface area contributed by atoms with Gasteiger partial charge in [0.1, 0.15) is 0 Å².